The van der Waals surface area contributed by atoms with Crippen molar-refractivity contribution in [1.29, 1.82) is 0 Å². The molecular weight excluding hydrogens is 281 g/mol. The van der Waals surface area contributed by atoms with E-state index in [0.29, 0.717) is 12.2 Å². The van der Waals surface area contributed by atoms with Crippen LogP contribution in [0.25, 0.3) is 0 Å². The highest BCUT2D eigenvalue weighted by molar-refractivity contribution is 5.82. The summed E-state index contributed by atoms with van der Waals surface area (Å²) < 4.78 is 37.8. The van der Waals surface area contributed by atoms with Gasteiger partial charge in [-0.15, -0.1) is 0 Å². The molecule has 1 aliphatic rings. The lowest BCUT2D eigenvalue weighted by Gasteiger charge is -2.19. The first-order valence-corrected chi connectivity index (χ1v) is 7.19. The van der Waals surface area contributed by atoms with Crippen molar-refractivity contribution in [2.45, 2.75) is 51.2 Å². The largest absolute Gasteiger partial charge is 0.417 e. The summed E-state index contributed by atoms with van der Waals surface area (Å²) in [7, 11) is 0. The highest BCUT2D eigenvalue weighted by atomic mass is 19.4. The second-order valence-corrected chi connectivity index (χ2v) is 5.71. The number of rotatable bonds is 5. The first-order chi connectivity index (χ1) is 9.90. The van der Waals surface area contributed by atoms with Crippen LogP contribution in [0.4, 0.5) is 19.0 Å². The van der Waals surface area contributed by atoms with Crippen molar-refractivity contribution in [3.8, 4) is 0 Å². The number of carbonyl (C=O) groups is 1. The van der Waals surface area contributed by atoms with Crippen LogP contribution >= 0.6 is 0 Å². The Balaban J connectivity index is 2.06. The fourth-order valence-electron chi connectivity index (χ4n) is 2.89. The number of nitrogens with zero attached hydrogens (tertiary/aromatic N) is 1. The summed E-state index contributed by atoms with van der Waals surface area (Å²) in [5.74, 6) is 0.880. The van der Waals surface area contributed by atoms with Crippen molar-refractivity contribution in [2.75, 3.05) is 5.32 Å². The molecule has 21 heavy (non-hydrogen) atoms. The van der Waals surface area contributed by atoms with Crippen LogP contribution in [-0.2, 0) is 6.18 Å². The molecule has 2 rings (SSSR count). The third-order valence-electron chi connectivity index (χ3n) is 3.92. The molecule has 1 aliphatic carbocycles. The zero-order valence-corrected chi connectivity index (χ0v) is 11.9. The van der Waals surface area contributed by atoms with Gasteiger partial charge in [0.25, 0.3) is 0 Å². The Kier molecular flexibility index (Phi) is 4.85. The molecule has 1 atom stereocenters. The molecule has 3 nitrogen and oxygen atoms in total. The molecule has 1 saturated carbocycles. The van der Waals surface area contributed by atoms with Gasteiger partial charge in [0.1, 0.15) is 5.82 Å². The number of pyridine rings is 1. The predicted molar refractivity (Wildman–Crippen MR) is 74.3 cm³/mol. The predicted octanol–water partition coefficient (Wildman–Crippen LogP) is 4.29. The van der Waals surface area contributed by atoms with Gasteiger partial charge in [-0.25, -0.2) is 4.98 Å². The summed E-state index contributed by atoms with van der Waals surface area (Å²) in [6.45, 7) is 1.96. The molecule has 0 aliphatic heterocycles. The van der Waals surface area contributed by atoms with Crippen molar-refractivity contribution < 1.29 is 18.0 Å². The average Bonchev–Trinajstić information content (AvgIpc) is 2.90. The summed E-state index contributed by atoms with van der Waals surface area (Å²) in [5.41, 5.74) is -0.957. The number of aromatic nitrogens is 1. The van der Waals surface area contributed by atoms with Crippen LogP contribution in [0, 0.1) is 5.92 Å². The van der Waals surface area contributed by atoms with Crippen molar-refractivity contribution in [1.82, 2.24) is 4.98 Å². The topological polar surface area (TPSA) is 42.0 Å². The SMILES string of the molecule is CC(CC1CCCC1)Nc1ncc(C(F)(F)F)cc1C=O. The van der Waals surface area contributed by atoms with Crippen molar-refractivity contribution in [2.24, 2.45) is 5.92 Å². The molecule has 6 heteroatoms. The quantitative estimate of drug-likeness (QED) is 0.825. The molecule has 1 heterocycles. The van der Waals surface area contributed by atoms with Crippen molar-refractivity contribution >= 4 is 12.1 Å². The molecule has 0 spiro atoms. The number of hydrogen-bond acceptors (Lipinski definition) is 3. The standard InChI is InChI=1S/C15H19F3N2O/c1-10(6-11-4-2-3-5-11)20-14-12(9-21)7-13(8-19-14)15(16,17)18/h7-11H,2-6H2,1H3,(H,19,20). The Labute approximate surface area is 122 Å². The van der Waals surface area contributed by atoms with Gasteiger partial charge >= 0.3 is 6.18 Å². The van der Waals surface area contributed by atoms with E-state index in [0.717, 1.165) is 18.7 Å². The summed E-state index contributed by atoms with van der Waals surface area (Å²) in [6, 6.07) is 0.918. The molecule has 1 N–H and O–H groups in total. The Morgan fingerprint density at radius 2 is 2.10 bits per heavy atom. The van der Waals surface area contributed by atoms with E-state index in [-0.39, 0.29) is 17.4 Å². The molecular formula is C15H19F3N2O. The number of halogens is 3. The molecule has 1 aromatic heterocycles. The Hall–Kier alpha value is -1.59. The van der Waals surface area contributed by atoms with Gasteiger partial charge in [0.15, 0.2) is 6.29 Å². The highest BCUT2D eigenvalue weighted by Gasteiger charge is 2.31. The van der Waals surface area contributed by atoms with E-state index in [9.17, 15) is 18.0 Å². The van der Waals surface area contributed by atoms with Crippen LogP contribution in [-0.4, -0.2) is 17.3 Å². The van der Waals surface area contributed by atoms with Gasteiger partial charge in [0, 0.05) is 12.2 Å². The zero-order chi connectivity index (χ0) is 15.5. The minimum Gasteiger partial charge on any atom is -0.367 e. The Bertz CT molecular complexity index is 496. The van der Waals surface area contributed by atoms with E-state index in [2.05, 4.69) is 10.3 Å². The Morgan fingerprint density at radius 1 is 1.43 bits per heavy atom. The van der Waals surface area contributed by atoms with Gasteiger partial charge in [-0.3, -0.25) is 4.79 Å². The van der Waals surface area contributed by atoms with Crippen LogP contribution in [0.2, 0.25) is 0 Å². The second-order valence-electron chi connectivity index (χ2n) is 5.71. The van der Waals surface area contributed by atoms with E-state index in [1.54, 1.807) is 0 Å². The molecule has 0 amide bonds. The maximum absolute atomic E-state index is 12.6. The average molecular weight is 300 g/mol. The van der Waals surface area contributed by atoms with E-state index in [1.807, 2.05) is 6.92 Å². The van der Waals surface area contributed by atoms with E-state index in [1.165, 1.54) is 25.7 Å². The zero-order valence-electron chi connectivity index (χ0n) is 11.9. The monoisotopic (exact) mass is 300 g/mol. The number of nitrogens with one attached hydrogen (secondary N) is 1. The van der Waals surface area contributed by atoms with Gasteiger partial charge in [-0.05, 0) is 25.3 Å². The summed E-state index contributed by atoms with van der Waals surface area (Å²) in [6.07, 6.45) is 2.52. The fourth-order valence-corrected chi connectivity index (χ4v) is 2.89. The number of aldehydes is 1. The minimum atomic E-state index is -4.49. The minimum absolute atomic E-state index is 0.0527. The van der Waals surface area contributed by atoms with Crippen LogP contribution in [0.1, 0.15) is 54.9 Å². The second kappa shape index (κ2) is 6.45. The Morgan fingerprint density at radius 3 is 2.67 bits per heavy atom. The molecule has 0 saturated heterocycles. The molecule has 1 unspecified atom stereocenters. The van der Waals surface area contributed by atoms with Crippen molar-refractivity contribution in [3.63, 3.8) is 0 Å². The van der Waals surface area contributed by atoms with Crippen LogP contribution in [0.5, 0.6) is 0 Å². The lowest BCUT2D eigenvalue weighted by atomic mass is 9.99. The molecule has 0 radical (unpaired) electrons. The van der Waals surface area contributed by atoms with Gasteiger partial charge in [0.05, 0.1) is 11.1 Å². The summed E-state index contributed by atoms with van der Waals surface area (Å²) in [5, 5.41) is 3.06. The maximum atomic E-state index is 12.6. The lowest BCUT2D eigenvalue weighted by Crippen LogP contribution is -2.20. The normalized spacial score (nSPS) is 17.7. The third-order valence-corrected chi connectivity index (χ3v) is 3.92. The third kappa shape index (κ3) is 4.19. The van der Waals surface area contributed by atoms with Gasteiger partial charge < -0.3 is 5.32 Å². The van der Waals surface area contributed by atoms with E-state index in [4.69, 9.17) is 0 Å². The van der Waals surface area contributed by atoms with Crippen LogP contribution < -0.4 is 5.32 Å². The van der Waals surface area contributed by atoms with Gasteiger partial charge in [-0.1, -0.05) is 25.7 Å². The van der Waals surface area contributed by atoms with E-state index < -0.39 is 11.7 Å². The maximum Gasteiger partial charge on any atom is 0.417 e. The smallest absolute Gasteiger partial charge is 0.367 e. The number of anilines is 1. The summed E-state index contributed by atoms with van der Waals surface area (Å²) in [4.78, 5) is 14.8. The first-order valence-electron chi connectivity index (χ1n) is 7.19. The van der Waals surface area contributed by atoms with Crippen molar-refractivity contribution in [3.05, 3.63) is 23.4 Å². The summed E-state index contributed by atoms with van der Waals surface area (Å²) >= 11 is 0. The van der Waals surface area contributed by atoms with Gasteiger partial charge in [0.2, 0.25) is 0 Å². The molecule has 1 fully saturated rings. The van der Waals surface area contributed by atoms with E-state index >= 15 is 0 Å². The first kappa shape index (κ1) is 15.8. The van der Waals surface area contributed by atoms with Gasteiger partial charge in [-0.2, -0.15) is 13.2 Å². The fraction of sp³-hybridized carbons (Fsp3) is 0.600. The lowest BCUT2D eigenvalue weighted by molar-refractivity contribution is -0.137. The molecule has 0 bridgehead atoms. The highest BCUT2D eigenvalue weighted by Crippen LogP contribution is 2.31. The number of alkyl halides is 3. The number of hydrogen-bond donors (Lipinski definition) is 1. The molecule has 116 valence electrons. The van der Waals surface area contributed by atoms with Crippen LogP contribution in [0.3, 0.4) is 0 Å². The molecule has 0 aromatic carbocycles. The number of carbonyl (C=O) groups excluding carboxylic acids is 1. The molecule has 1 aromatic rings. The van der Waals surface area contributed by atoms with Crippen LogP contribution in [0.15, 0.2) is 12.3 Å².